The number of H-pyrrole nitrogens is 2. The first-order chi connectivity index (χ1) is 20.6. The van der Waals surface area contributed by atoms with Gasteiger partial charge in [0.15, 0.2) is 23.3 Å². The first kappa shape index (κ1) is 28.4. The Bertz CT molecular complexity index is 1560. The monoisotopic (exact) mass is 564 g/mol. The van der Waals surface area contributed by atoms with Crippen LogP contribution in [0.15, 0.2) is 72.8 Å². The molecule has 214 valence electrons. The molecule has 0 spiro atoms. The van der Waals surface area contributed by atoms with Gasteiger partial charge in [-0.2, -0.15) is 10.2 Å². The zero-order valence-corrected chi connectivity index (χ0v) is 23.6. The van der Waals surface area contributed by atoms with Gasteiger partial charge in [-0.15, -0.1) is 0 Å². The summed E-state index contributed by atoms with van der Waals surface area (Å²) in [6.45, 7) is 4.83. The Balaban J connectivity index is 1.38. The van der Waals surface area contributed by atoms with Gasteiger partial charge in [-0.1, -0.05) is 81.3 Å². The molecule has 0 aliphatic heterocycles. The summed E-state index contributed by atoms with van der Waals surface area (Å²) >= 11 is 0. The third-order valence-corrected chi connectivity index (χ3v) is 6.62. The van der Waals surface area contributed by atoms with Crippen molar-refractivity contribution < 1.29 is 19.1 Å². The van der Waals surface area contributed by atoms with Crippen LogP contribution in [-0.2, 0) is 9.47 Å². The van der Waals surface area contributed by atoms with Crippen molar-refractivity contribution in [2.45, 2.75) is 39.5 Å². The average Bonchev–Trinajstić information content (AvgIpc) is 3.72. The lowest BCUT2D eigenvalue weighted by Gasteiger charge is -2.07. The van der Waals surface area contributed by atoms with E-state index in [1.54, 1.807) is 24.3 Å². The number of nitrogens with zero attached hydrogens (tertiary/aromatic N) is 4. The number of aromatic nitrogens is 6. The number of unbranched alkanes of at least 4 members (excludes halogenated alkanes) is 2. The molecule has 42 heavy (non-hydrogen) atoms. The lowest BCUT2D eigenvalue weighted by molar-refractivity contribution is 0.0491. The fourth-order valence-corrected chi connectivity index (χ4v) is 4.33. The second-order valence-corrected chi connectivity index (χ2v) is 9.67. The maximum atomic E-state index is 12.7. The summed E-state index contributed by atoms with van der Waals surface area (Å²) in [5.74, 6) is 1.04. The van der Waals surface area contributed by atoms with Crippen molar-refractivity contribution in [3.05, 3.63) is 83.9 Å². The number of hydrogen-bond acceptors (Lipinski definition) is 8. The number of carbonyl (C=O) groups excluding carboxylic acids is 2. The van der Waals surface area contributed by atoms with Crippen LogP contribution >= 0.6 is 0 Å². The van der Waals surface area contributed by atoms with Crippen molar-refractivity contribution in [3.8, 4) is 45.6 Å². The molecule has 10 nitrogen and oxygen atoms in total. The molecule has 2 N–H and O–H groups in total. The van der Waals surface area contributed by atoms with Crippen molar-refractivity contribution in [1.82, 2.24) is 30.4 Å². The van der Waals surface area contributed by atoms with Gasteiger partial charge in [0.25, 0.3) is 0 Å². The molecule has 0 aliphatic rings. The Labute approximate surface area is 243 Å². The summed E-state index contributed by atoms with van der Waals surface area (Å²) in [6, 6.07) is 21.8. The molecule has 0 fully saturated rings. The molecule has 10 heteroatoms. The van der Waals surface area contributed by atoms with Gasteiger partial charge in [0.1, 0.15) is 0 Å². The summed E-state index contributed by atoms with van der Waals surface area (Å²) in [7, 11) is 0. The number of hydrogen-bond donors (Lipinski definition) is 2. The van der Waals surface area contributed by atoms with E-state index in [4.69, 9.17) is 9.47 Å². The maximum Gasteiger partial charge on any atom is 0.338 e. The highest BCUT2D eigenvalue weighted by molar-refractivity contribution is 5.97. The number of rotatable bonds is 12. The summed E-state index contributed by atoms with van der Waals surface area (Å²) in [5, 5.41) is 14.7. The Morgan fingerprint density at radius 3 is 1.55 bits per heavy atom. The third-order valence-electron chi connectivity index (χ3n) is 6.62. The first-order valence-corrected chi connectivity index (χ1v) is 14.1. The second kappa shape index (κ2) is 13.5. The molecule has 3 aromatic carbocycles. The van der Waals surface area contributed by atoms with Gasteiger partial charge in [-0.3, -0.25) is 10.2 Å². The summed E-state index contributed by atoms with van der Waals surface area (Å²) in [6.07, 6.45) is 3.49. The van der Waals surface area contributed by atoms with Crippen LogP contribution in [0.3, 0.4) is 0 Å². The van der Waals surface area contributed by atoms with Crippen molar-refractivity contribution in [1.29, 1.82) is 0 Å². The first-order valence-electron chi connectivity index (χ1n) is 14.1. The largest absolute Gasteiger partial charge is 0.462 e. The highest BCUT2D eigenvalue weighted by Gasteiger charge is 2.19. The normalized spacial score (nSPS) is 10.9. The van der Waals surface area contributed by atoms with Crippen molar-refractivity contribution >= 4 is 11.9 Å². The molecule has 0 amide bonds. The second-order valence-electron chi connectivity index (χ2n) is 9.67. The molecule has 5 aromatic rings. The van der Waals surface area contributed by atoms with E-state index in [9.17, 15) is 9.59 Å². The number of ether oxygens (including phenoxy) is 2. The smallest absolute Gasteiger partial charge is 0.338 e. The van der Waals surface area contributed by atoms with Gasteiger partial charge in [-0.25, -0.2) is 19.6 Å². The van der Waals surface area contributed by atoms with Crippen LogP contribution in [0.2, 0.25) is 0 Å². The SMILES string of the molecule is CCCCOC(=O)c1ccccc1-c1nc(-c2cccc(-c3n[nH]c(-c4ccccc4C(=O)OCCCC)n3)c2)n[nH]1. The molecular formula is C32H32N6O4. The van der Waals surface area contributed by atoms with E-state index in [0.717, 1.165) is 36.8 Å². The van der Waals surface area contributed by atoms with Crippen molar-refractivity contribution in [2.24, 2.45) is 0 Å². The van der Waals surface area contributed by atoms with E-state index in [1.165, 1.54) is 0 Å². The van der Waals surface area contributed by atoms with Crippen LogP contribution in [0.1, 0.15) is 60.2 Å². The topological polar surface area (TPSA) is 136 Å². The van der Waals surface area contributed by atoms with Gasteiger partial charge < -0.3 is 9.47 Å². The number of nitrogens with one attached hydrogen (secondary N) is 2. The van der Waals surface area contributed by atoms with E-state index in [1.807, 2.05) is 62.4 Å². The Kier molecular flexibility index (Phi) is 9.13. The molecule has 0 saturated heterocycles. The molecule has 0 bridgehead atoms. The highest BCUT2D eigenvalue weighted by Crippen LogP contribution is 2.28. The van der Waals surface area contributed by atoms with Crippen LogP contribution in [-0.4, -0.2) is 55.5 Å². The van der Waals surface area contributed by atoms with Gasteiger partial charge in [0, 0.05) is 22.3 Å². The van der Waals surface area contributed by atoms with Crippen LogP contribution in [0.5, 0.6) is 0 Å². The van der Waals surface area contributed by atoms with E-state index in [2.05, 4.69) is 30.4 Å². The zero-order chi connectivity index (χ0) is 29.3. The summed E-state index contributed by atoms with van der Waals surface area (Å²) < 4.78 is 10.8. The lowest BCUT2D eigenvalue weighted by Crippen LogP contribution is -2.08. The average molecular weight is 565 g/mol. The molecule has 2 aromatic heterocycles. The number of benzene rings is 3. The maximum absolute atomic E-state index is 12.7. The number of esters is 2. The Morgan fingerprint density at radius 2 is 1.10 bits per heavy atom. The number of carbonyl (C=O) groups is 2. The molecule has 0 aliphatic carbocycles. The minimum atomic E-state index is -0.393. The molecule has 5 rings (SSSR count). The van der Waals surface area contributed by atoms with Gasteiger partial charge in [0.05, 0.1) is 24.3 Å². The van der Waals surface area contributed by atoms with Crippen molar-refractivity contribution in [2.75, 3.05) is 13.2 Å². The van der Waals surface area contributed by atoms with Crippen LogP contribution in [0.25, 0.3) is 45.6 Å². The molecule has 2 heterocycles. The highest BCUT2D eigenvalue weighted by atomic mass is 16.5. The lowest BCUT2D eigenvalue weighted by atomic mass is 10.1. The number of aromatic amines is 2. The molecule has 0 saturated carbocycles. The van der Waals surface area contributed by atoms with E-state index in [-0.39, 0.29) is 0 Å². The zero-order valence-electron chi connectivity index (χ0n) is 23.6. The van der Waals surface area contributed by atoms with Crippen molar-refractivity contribution in [3.63, 3.8) is 0 Å². The fraction of sp³-hybridized carbons (Fsp3) is 0.250. The van der Waals surface area contributed by atoms with Gasteiger partial charge in [0.2, 0.25) is 0 Å². The minimum Gasteiger partial charge on any atom is -0.462 e. The molecule has 0 unspecified atom stereocenters. The molecule has 0 atom stereocenters. The third kappa shape index (κ3) is 6.43. The fourth-order valence-electron chi connectivity index (χ4n) is 4.33. The van der Waals surface area contributed by atoms with E-state index >= 15 is 0 Å². The molecule has 0 radical (unpaired) electrons. The quantitative estimate of drug-likeness (QED) is 0.129. The van der Waals surface area contributed by atoms with Crippen LogP contribution < -0.4 is 0 Å². The predicted molar refractivity (Wildman–Crippen MR) is 158 cm³/mol. The molecular weight excluding hydrogens is 532 g/mol. The van der Waals surface area contributed by atoms with Crippen LogP contribution in [0, 0.1) is 0 Å². The predicted octanol–water partition coefficient (Wildman–Crippen LogP) is 6.50. The van der Waals surface area contributed by atoms with E-state index < -0.39 is 11.9 Å². The van der Waals surface area contributed by atoms with E-state index in [0.29, 0.717) is 58.8 Å². The van der Waals surface area contributed by atoms with Crippen LogP contribution in [0.4, 0.5) is 0 Å². The Hall–Kier alpha value is -5.12. The minimum absolute atomic E-state index is 0.371. The summed E-state index contributed by atoms with van der Waals surface area (Å²) in [5.41, 5.74) is 3.55. The summed E-state index contributed by atoms with van der Waals surface area (Å²) in [4.78, 5) is 34.7. The standard InChI is InChI=1S/C32H32N6O4/c1-3-5-18-41-31(39)25-16-9-7-14-23(25)29-33-27(35-37-29)21-12-11-13-22(20-21)28-34-30(38-36-28)24-15-8-10-17-26(24)32(40)42-19-6-4-2/h7-17,20H,3-6,18-19H2,1-2H3,(H,33,35,37)(H,34,36,38). The van der Waals surface area contributed by atoms with Gasteiger partial charge >= 0.3 is 11.9 Å². The Morgan fingerprint density at radius 1 is 0.643 bits per heavy atom. The van der Waals surface area contributed by atoms with Gasteiger partial charge in [-0.05, 0) is 31.0 Å².